The fourth-order valence-electron chi connectivity index (χ4n) is 4.15. The van der Waals surface area contributed by atoms with Crippen molar-refractivity contribution in [2.45, 2.75) is 31.8 Å². The van der Waals surface area contributed by atoms with Crippen molar-refractivity contribution in [3.8, 4) is 45.4 Å². The van der Waals surface area contributed by atoms with Crippen LogP contribution in [0.15, 0.2) is 41.6 Å². The lowest BCUT2D eigenvalue weighted by molar-refractivity contribution is 0.394. The molecule has 3 aromatic heterocycles. The molecule has 0 atom stereocenters. The lowest BCUT2D eigenvalue weighted by Gasteiger charge is -2.12. The van der Waals surface area contributed by atoms with Crippen molar-refractivity contribution in [2.75, 3.05) is 20.0 Å². The Balaban J connectivity index is 1.58. The lowest BCUT2D eigenvalue weighted by atomic mass is 10.1. The van der Waals surface area contributed by atoms with Crippen molar-refractivity contribution in [2.24, 2.45) is 7.05 Å². The molecule has 11 nitrogen and oxygen atoms in total. The highest BCUT2D eigenvalue weighted by Gasteiger charge is 2.51. The normalized spacial score (nSPS) is 13.7. The number of ether oxygens (including phenoxy) is 2. The summed E-state index contributed by atoms with van der Waals surface area (Å²) < 4.78 is 14.0. The van der Waals surface area contributed by atoms with Crippen LogP contribution in [-0.2, 0) is 13.6 Å². The molecule has 188 valence electrons. The van der Waals surface area contributed by atoms with Crippen LogP contribution in [-0.4, -0.2) is 49.1 Å². The van der Waals surface area contributed by atoms with Crippen LogP contribution in [0.5, 0.6) is 11.5 Å². The van der Waals surface area contributed by atoms with Crippen LogP contribution in [0.1, 0.15) is 18.5 Å². The minimum Gasteiger partial charge on any atom is -0.497 e. The predicted octanol–water partition coefficient (Wildman–Crippen LogP) is 3.13. The molecule has 1 aliphatic carbocycles. The Labute approximate surface area is 213 Å². The first-order valence-electron chi connectivity index (χ1n) is 11.6. The Hall–Kier alpha value is -4.72. The van der Waals surface area contributed by atoms with Gasteiger partial charge in [-0.15, -0.1) is 0 Å². The number of rotatable bonds is 7. The van der Waals surface area contributed by atoms with Crippen molar-refractivity contribution >= 4 is 5.82 Å². The molecular formula is C26H26N8O3. The van der Waals surface area contributed by atoms with Crippen LogP contribution in [0.25, 0.3) is 38.7 Å². The molecular weight excluding hydrogens is 472 g/mol. The van der Waals surface area contributed by atoms with Gasteiger partial charge in [0.15, 0.2) is 5.82 Å². The zero-order valence-corrected chi connectivity index (χ0v) is 21.0. The average molecular weight is 499 g/mol. The standard InChI is InChI=1S/C26H26N8O3/c1-15-19(11-30-34(15)14-26(28-2)6-7-26)20-12-29-24(27)23(31-20)21-13-33(3)25(35)22(32-21)16-8-17(36-4)10-18(9-16)37-5/h8-13H,6-7,14H2,1,3-5H3,(H2,27,29). The number of nitrogens with zero attached hydrogens (tertiary/aromatic N) is 7. The summed E-state index contributed by atoms with van der Waals surface area (Å²) >= 11 is 0. The van der Waals surface area contributed by atoms with E-state index in [1.165, 1.54) is 4.57 Å². The van der Waals surface area contributed by atoms with E-state index in [0.29, 0.717) is 40.7 Å². The summed E-state index contributed by atoms with van der Waals surface area (Å²) in [6.07, 6.45) is 6.66. The Morgan fingerprint density at radius 2 is 1.76 bits per heavy atom. The van der Waals surface area contributed by atoms with E-state index in [1.54, 1.807) is 58.1 Å². The van der Waals surface area contributed by atoms with Gasteiger partial charge in [-0.1, -0.05) is 0 Å². The number of aromatic nitrogens is 6. The Morgan fingerprint density at radius 3 is 2.38 bits per heavy atom. The van der Waals surface area contributed by atoms with Gasteiger partial charge >= 0.3 is 0 Å². The molecule has 5 rings (SSSR count). The van der Waals surface area contributed by atoms with Gasteiger partial charge < -0.3 is 24.6 Å². The summed E-state index contributed by atoms with van der Waals surface area (Å²) in [5.74, 6) is 1.24. The quantitative estimate of drug-likeness (QED) is 0.385. The van der Waals surface area contributed by atoms with Crippen molar-refractivity contribution in [1.82, 2.24) is 29.3 Å². The number of nitrogen functional groups attached to an aromatic ring is 1. The average Bonchev–Trinajstić information content (AvgIpc) is 3.60. The second-order valence-corrected chi connectivity index (χ2v) is 9.12. The van der Waals surface area contributed by atoms with Crippen LogP contribution in [0.3, 0.4) is 0 Å². The molecule has 1 aliphatic rings. The molecule has 11 heteroatoms. The van der Waals surface area contributed by atoms with E-state index in [0.717, 1.165) is 24.1 Å². The van der Waals surface area contributed by atoms with E-state index in [4.69, 9.17) is 26.8 Å². The minimum absolute atomic E-state index is 0.180. The van der Waals surface area contributed by atoms with E-state index in [1.807, 2.05) is 11.6 Å². The number of nitrogens with two attached hydrogens (primary N) is 1. The van der Waals surface area contributed by atoms with Gasteiger partial charge in [-0.2, -0.15) is 5.10 Å². The maximum absolute atomic E-state index is 13.0. The van der Waals surface area contributed by atoms with Crippen molar-refractivity contribution in [1.29, 1.82) is 0 Å². The Bertz CT molecular complexity index is 1590. The molecule has 0 bridgehead atoms. The highest BCUT2D eigenvalue weighted by Crippen LogP contribution is 2.42. The van der Waals surface area contributed by atoms with Crippen molar-refractivity contribution in [3.63, 3.8) is 0 Å². The summed E-state index contributed by atoms with van der Waals surface area (Å²) in [5.41, 5.74) is 9.29. The van der Waals surface area contributed by atoms with Gasteiger partial charge in [-0.25, -0.2) is 21.5 Å². The zero-order chi connectivity index (χ0) is 26.3. The number of aryl methyl sites for hydroxylation is 1. The van der Waals surface area contributed by atoms with Crippen LogP contribution >= 0.6 is 0 Å². The molecule has 0 aliphatic heterocycles. The first kappa shape index (κ1) is 24.0. The Morgan fingerprint density at radius 1 is 1.08 bits per heavy atom. The molecule has 0 spiro atoms. The van der Waals surface area contributed by atoms with Gasteiger partial charge in [0, 0.05) is 49.0 Å². The van der Waals surface area contributed by atoms with Gasteiger partial charge in [0.1, 0.15) is 35.1 Å². The van der Waals surface area contributed by atoms with E-state index in [-0.39, 0.29) is 22.6 Å². The van der Waals surface area contributed by atoms with Crippen LogP contribution in [0.2, 0.25) is 0 Å². The highest BCUT2D eigenvalue weighted by molar-refractivity contribution is 5.73. The van der Waals surface area contributed by atoms with Gasteiger partial charge in [-0.3, -0.25) is 9.48 Å². The molecule has 2 N–H and O–H groups in total. The van der Waals surface area contributed by atoms with E-state index in [9.17, 15) is 4.79 Å². The monoisotopic (exact) mass is 498 g/mol. The molecule has 0 amide bonds. The first-order chi connectivity index (χ1) is 17.8. The van der Waals surface area contributed by atoms with Gasteiger partial charge in [0.05, 0.1) is 32.3 Å². The minimum atomic E-state index is -0.343. The van der Waals surface area contributed by atoms with Gasteiger partial charge in [0.25, 0.3) is 11.1 Å². The summed E-state index contributed by atoms with van der Waals surface area (Å²) in [6, 6.07) is 5.15. The van der Waals surface area contributed by atoms with Crippen molar-refractivity contribution < 1.29 is 9.47 Å². The molecule has 1 aromatic carbocycles. The summed E-state index contributed by atoms with van der Waals surface area (Å²) in [7, 11) is 4.72. The summed E-state index contributed by atoms with van der Waals surface area (Å²) in [6.45, 7) is 9.96. The largest absolute Gasteiger partial charge is 0.497 e. The topological polar surface area (TPSA) is 127 Å². The van der Waals surface area contributed by atoms with E-state index in [2.05, 4.69) is 19.9 Å². The van der Waals surface area contributed by atoms with Crippen LogP contribution in [0, 0.1) is 13.5 Å². The maximum atomic E-state index is 13.0. The first-order valence-corrected chi connectivity index (χ1v) is 11.6. The van der Waals surface area contributed by atoms with Gasteiger partial charge in [-0.05, 0) is 19.1 Å². The third-order valence-corrected chi connectivity index (χ3v) is 6.63. The van der Waals surface area contributed by atoms with E-state index < -0.39 is 0 Å². The van der Waals surface area contributed by atoms with Gasteiger partial charge in [0.2, 0.25) is 0 Å². The fourth-order valence-corrected chi connectivity index (χ4v) is 4.15. The second kappa shape index (κ2) is 9.05. The molecule has 3 heterocycles. The summed E-state index contributed by atoms with van der Waals surface area (Å²) in [4.78, 5) is 30.6. The molecule has 37 heavy (non-hydrogen) atoms. The number of benzene rings is 1. The molecule has 0 unspecified atom stereocenters. The number of hydrogen-bond donors (Lipinski definition) is 1. The molecule has 1 saturated carbocycles. The SMILES string of the molecule is [C-]#[N+]C1(Cn2ncc(-c3cnc(N)c(-c4cn(C)c(=O)c(-c5cc(OC)cc(OC)c5)n4)n3)c2C)CC1. The molecule has 1 fully saturated rings. The smallest absolute Gasteiger partial charge is 0.276 e. The van der Waals surface area contributed by atoms with Crippen LogP contribution < -0.4 is 20.8 Å². The zero-order valence-electron chi connectivity index (χ0n) is 21.0. The highest BCUT2D eigenvalue weighted by atomic mass is 16.5. The van der Waals surface area contributed by atoms with Crippen LogP contribution in [0.4, 0.5) is 5.82 Å². The third-order valence-electron chi connectivity index (χ3n) is 6.63. The number of hydrogen-bond acceptors (Lipinski definition) is 8. The molecule has 0 saturated heterocycles. The molecule has 4 aromatic rings. The maximum Gasteiger partial charge on any atom is 0.276 e. The predicted molar refractivity (Wildman–Crippen MR) is 138 cm³/mol. The third kappa shape index (κ3) is 4.38. The lowest BCUT2D eigenvalue weighted by Crippen LogP contribution is -2.20. The molecule has 0 radical (unpaired) electrons. The number of anilines is 1. The fraction of sp³-hybridized carbons (Fsp3) is 0.308. The number of methoxy groups -OCH3 is 2. The van der Waals surface area contributed by atoms with Crippen molar-refractivity contribution in [3.05, 3.63) is 64.3 Å². The second-order valence-electron chi connectivity index (χ2n) is 9.12. The summed E-state index contributed by atoms with van der Waals surface area (Å²) in [5, 5.41) is 4.49. The van der Waals surface area contributed by atoms with E-state index >= 15 is 0 Å². The Kier molecular flexibility index (Phi) is 5.87.